The summed E-state index contributed by atoms with van der Waals surface area (Å²) in [7, 11) is 0. The fraction of sp³-hybridized carbons (Fsp3) is 0.733. The summed E-state index contributed by atoms with van der Waals surface area (Å²) >= 11 is 0. The van der Waals surface area contributed by atoms with Gasteiger partial charge in [-0.05, 0) is 69.9 Å². The van der Waals surface area contributed by atoms with Crippen molar-refractivity contribution < 1.29 is 4.42 Å². The molecule has 18 heavy (non-hydrogen) atoms. The number of hydrogen-bond acceptors (Lipinski definition) is 3. The van der Waals surface area contributed by atoms with Crippen LogP contribution in [0.25, 0.3) is 0 Å². The Labute approximate surface area is 111 Å². The predicted octanol–water partition coefficient (Wildman–Crippen LogP) is 2.88. The van der Waals surface area contributed by atoms with Gasteiger partial charge in [0, 0.05) is 0 Å². The molecule has 1 saturated heterocycles. The molecule has 1 aliphatic rings. The van der Waals surface area contributed by atoms with E-state index in [0.717, 1.165) is 24.8 Å². The minimum atomic E-state index is 0.904. The first kappa shape index (κ1) is 13.6. The molecule has 3 nitrogen and oxygen atoms in total. The zero-order chi connectivity index (χ0) is 12.6. The Kier molecular flexibility index (Phi) is 5.75. The molecule has 1 unspecified atom stereocenters. The monoisotopic (exact) mass is 250 g/mol. The number of nitrogens with one attached hydrogen (secondary N) is 1. The second-order valence-corrected chi connectivity index (χ2v) is 5.30. The van der Waals surface area contributed by atoms with Crippen LogP contribution in [0.15, 0.2) is 22.8 Å². The van der Waals surface area contributed by atoms with E-state index in [1.54, 1.807) is 6.26 Å². The van der Waals surface area contributed by atoms with E-state index in [4.69, 9.17) is 4.42 Å². The Morgan fingerprint density at radius 1 is 1.50 bits per heavy atom. The topological polar surface area (TPSA) is 28.4 Å². The highest BCUT2D eigenvalue weighted by Crippen LogP contribution is 2.16. The van der Waals surface area contributed by atoms with Crippen LogP contribution in [0.4, 0.5) is 0 Å². The SMILES string of the molecule is CCN(CCCC1CCCNC1)Cc1ccco1. The van der Waals surface area contributed by atoms with E-state index in [1.807, 2.05) is 6.07 Å². The smallest absolute Gasteiger partial charge is 0.117 e. The van der Waals surface area contributed by atoms with Crippen LogP contribution in [-0.2, 0) is 6.54 Å². The molecule has 2 rings (SSSR count). The molecule has 1 aromatic rings. The summed E-state index contributed by atoms with van der Waals surface area (Å²) in [6.07, 6.45) is 7.20. The summed E-state index contributed by atoms with van der Waals surface area (Å²) in [4.78, 5) is 2.47. The third-order valence-corrected chi connectivity index (χ3v) is 3.89. The van der Waals surface area contributed by atoms with Gasteiger partial charge in [0.25, 0.3) is 0 Å². The molecule has 3 heteroatoms. The van der Waals surface area contributed by atoms with Gasteiger partial charge in [0.2, 0.25) is 0 Å². The number of piperidine rings is 1. The van der Waals surface area contributed by atoms with Crippen LogP contribution >= 0.6 is 0 Å². The standard InChI is InChI=1S/C15H26N2O/c1-2-17(13-15-8-5-11-18-15)10-4-7-14-6-3-9-16-12-14/h5,8,11,14,16H,2-4,6-7,9-10,12-13H2,1H3. The van der Waals surface area contributed by atoms with E-state index in [0.29, 0.717) is 0 Å². The van der Waals surface area contributed by atoms with Crippen molar-refractivity contribution in [3.05, 3.63) is 24.2 Å². The van der Waals surface area contributed by atoms with Gasteiger partial charge in [-0.25, -0.2) is 0 Å². The van der Waals surface area contributed by atoms with Crippen molar-refractivity contribution >= 4 is 0 Å². The van der Waals surface area contributed by atoms with Crippen LogP contribution in [0.2, 0.25) is 0 Å². The van der Waals surface area contributed by atoms with E-state index in [9.17, 15) is 0 Å². The molecular weight excluding hydrogens is 224 g/mol. The molecule has 0 aliphatic carbocycles. The van der Waals surface area contributed by atoms with Gasteiger partial charge < -0.3 is 9.73 Å². The normalized spacial score (nSPS) is 20.4. The molecule has 0 spiro atoms. The van der Waals surface area contributed by atoms with E-state index in [2.05, 4.69) is 23.2 Å². The number of nitrogens with zero attached hydrogens (tertiary/aromatic N) is 1. The van der Waals surface area contributed by atoms with Crippen molar-refractivity contribution in [3.63, 3.8) is 0 Å². The molecule has 1 aromatic heterocycles. The number of hydrogen-bond donors (Lipinski definition) is 1. The zero-order valence-corrected chi connectivity index (χ0v) is 11.5. The third-order valence-electron chi connectivity index (χ3n) is 3.89. The number of furan rings is 1. The molecule has 0 radical (unpaired) electrons. The fourth-order valence-corrected chi connectivity index (χ4v) is 2.75. The van der Waals surface area contributed by atoms with E-state index in [-0.39, 0.29) is 0 Å². The first-order valence-electron chi connectivity index (χ1n) is 7.34. The Balaban J connectivity index is 1.64. The highest BCUT2D eigenvalue weighted by Gasteiger charge is 2.13. The molecule has 1 aliphatic heterocycles. The molecule has 1 N–H and O–H groups in total. The molecule has 1 fully saturated rings. The van der Waals surface area contributed by atoms with Gasteiger partial charge in [0.15, 0.2) is 0 Å². The van der Waals surface area contributed by atoms with Crippen molar-refractivity contribution in [2.45, 2.75) is 39.2 Å². The zero-order valence-electron chi connectivity index (χ0n) is 11.5. The van der Waals surface area contributed by atoms with Gasteiger partial charge >= 0.3 is 0 Å². The van der Waals surface area contributed by atoms with Crippen molar-refractivity contribution in [2.24, 2.45) is 5.92 Å². The van der Waals surface area contributed by atoms with Crippen molar-refractivity contribution in [2.75, 3.05) is 26.2 Å². The van der Waals surface area contributed by atoms with Crippen LogP contribution in [-0.4, -0.2) is 31.1 Å². The molecule has 0 amide bonds. The molecule has 0 bridgehead atoms. The third kappa shape index (κ3) is 4.46. The summed E-state index contributed by atoms with van der Waals surface area (Å²) in [5.41, 5.74) is 0. The van der Waals surface area contributed by atoms with Crippen LogP contribution in [0.5, 0.6) is 0 Å². The second-order valence-electron chi connectivity index (χ2n) is 5.30. The van der Waals surface area contributed by atoms with Crippen molar-refractivity contribution in [1.29, 1.82) is 0 Å². The summed E-state index contributed by atoms with van der Waals surface area (Å²) in [5, 5.41) is 3.49. The van der Waals surface area contributed by atoms with E-state index < -0.39 is 0 Å². The second kappa shape index (κ2) is 7.59. The Bertz CT molecular complexity index is 304. The summed E-state index contributed by atoms with van der Waals surface area (Å²) < 4.78 is 5.41. The van der Waals surface area contributed by atoms with Crippen LogP contribution in [0.3, 0.4) is 0 Å². The van der Waals surface area contributed by atoms with Crippen molar-refractivity contribution in [3.8, 4) is 0 Å². The lowest BCUT2D eigenvalue weighted by atomic mass is 9.94. The lowest BCUT2D eigenvalue weighted by molar-refractivity contribution is 0.238. The maximum atomic E-state index is 5.41. The molecule has 102 valence electrons. The average Bonchev–Trinajstić information content (AvgIpc) is 2.92. The fourth-order valence-electron chi connectivity index (χ4n) is 2.75. The molecule has 0 saturated carbocycles. The first-order chi connectivity index (χ1) is 8.88. The maximum absolute atomic E-state index is 5.41. The quantitative estimate of drug-likeness (QED) is 0.806. The van der Waals surface area contributed by atoms with Gasteiger partial charge in [0.05, 0.1) is 12.8 Å². The molecule has 2 heterocycles. The Morgan fingerprint density at radius 2 is 2.44 bits per heavy atom. The number of rotatable bonds is 7. The highest BCUT2D eigenvalue weighted by molar-refractivity contribution is 4.97. The van der Waals surface area contributed by atoms with Crippen LogP contribution in [0.1, 0.15) is 38.4 Å². The largest absolute Gasteiger partial charge is 0.468 e. The van der Waals surface area contributed by atoms with Gasteiger partial charge in [-0.3, -0.25) is 4.90 Å². The summed E-state index contributed by atoms with van der Waals surface area (Å²) in [6.45, 7) is 7.91. The minimum absolute atomic E-state index is 0.904. The van der Waals surface area contributed by atoms with Gasteiger partial charge in [-0.2, -0.15) is 0 Å². The van der Waals surface area contributed by atoms with Crippen LogP contribution < -0.4 is 5.32 Å². The average molecular weight is 250 g/mol. The summed E-state index contributed by atoms with van der Waals surface area (Å²) in [6, 6.07) is 4.03. The van der Waals surface area contributed by atoms with Crippen molar-refractivity contribution in [1.82, 2.24) is 10.2 Å². The predicted molar refractivity (Wildman–Crippen MR) is 74.5 cm³/mol. The Hall–Kier alpha value is -0.800. The first-order valence-corrected chi connectivity index (χ1v) is 7.34. The van der Waals surface area contributed by atoms with Crippen LogP contribution in [0, 0.1) is 5.92 Å². The van der Waals surface area contributed by atoms with Gasteiger partial charge in [0.1, 0.15) is 5.76 Å². The van der Waals surface area contributed by atoms with Gasteiger partial charge in [-0.1, -0.05) is 6.92 Å². The van der Waals surface area contributed by atoms with E-state index in [1.165, 1.54) is 45.3 Å². The van der Waals surface area contributed by atoms with E-state index >= 15 is 0 Å². The lowest BCUT2D eigenvalue weighted by Gasteiger charge is -2.24. The Morgan fingerprint density at radius 3 is 3.11 bits per heavy atom. The highest BCUT2D eigenvalue weighted by atomic mass is 16.3. The maximum Gasteiger partial charge on any atom is 0.117 e. The molecule has 1 atom stereocenters. The lowest BCUT2D eigenvalue weighted by Crippen LogP contribution is -2.30. The minimum Gasteiger partial charge on any atom is -0.468 e. The molecular formula is C15H26N2O. The summed E-state index contributed by atoms with van der Waals surface area (Å²) in [5.74, 6) is 1.98. The molecule has 0 aromatic carbocycles. The van der Waals surface area contributed by atoms with Gasteiger partial charge in [-0.15, -0.1) is 0 Å².